The third-order valence-electron chi connectivity index (χ3n) is 4.33. The molecular formula is C14H19F3N2O4. The van der Waals surface area contributed by atoms with Gasteiger partial charge in [-0.2, -0.15) is 13.2 Å². The number of alkyl halides is 3. The van der Waals surface area contributed by atoms with Crippen molar-refractivity contribution in [3.8, 4) is 0 Å². The van der Waals surface area contributed by atoms with Gasteiger partial charge in [-0.25, -0.2) is 4.79 Å². The Labute approximate surface area is 131 Å². The summed E-state index contributed by atoms with van der Waals surface area (Å²) in [4.78, 5) is 36.3. The smallest absolute Gasteiger partial charge is 0.471 e. The largest absolute Gasteiger partial charge is 0.480 e. The van der Waals surface area contributed by atoms with Crippen molar-refractivity contribution in [2.45, 2.75) is 45.5 Å². The van der Waals surface area contributed by atoms with Gasteiger partial charge in [0.2, 0.25) is 5.91 Å². The van der Waals surface area contributed by atoms with Gasteiger partial charge < -0.3 is 15.3 Å². The Morgan fingerprint density at radius 1 is 1.22 bits per heavy atom. The molecule has 0 aromatic heterocycles. The van der Waals surface area contributed by atoms with E-state index in [9.17, 15) is 32.7 Å². The van der Waals surface area contributed by atoms with Crippen LogP contribution in [0.1, 0.15) is 27.2 Å². The van der Waals surface area contributed by atoms with Gasteiger partial charge in [0.15, 0.2) is 0 Å². The highest BCUT2D eigenvalue weighted by Gasteiger charge is 2.58. The molecule has 0 aromatic rings. The number of carboxylic acid groups (broad SMARTS) is 1. The summed E-state index contributed by atoms with van der Waals surface area (Å²) in [5.41, 5.74) is -0.992. The number of piperidine rings is 1. The zero-order chi connectivity index (χ0) is 17.7. The van der Waals surface area contributed by atoms with E-state index in [-0.39, 0.29) is 18.4 Å². The molecule has 6 nitrogen and oxygen atoms in total. The van der Waals surface area contributed by atoms with Crippen LogP contribution in [-0.4, -0.2) is 52.6 Å². The number of nitrogens with zero attached hydrogens (tertiary/aromatic N) is 1. The normalized spacial score (nSPS) is 28.1. The molecule has 2 N–H and O–H groups in total. The summed E-state index contributed by atoms with van der Waals surface area (Å²) in [6.45, 7) is 4.74. The highest BCUT2D eigenvalue weighted by Crippen LogP contribution is 2.50. The fraction of sp³-hybridized carbons (Fsp3) is 0.786. The summed E-state index contributed by atoms with van der Waals surface area (Å²) in [6, 6.07) is -2.48. The van der Waals surface area contributed by atoms with Gasteiger partial charge in [0.1, 0.15) is 12.1 Å². The van der Waals surface area contributed by atoms with Crippen LogP contribution >= 0.6 is 0 Å². The number of nitrogens with one attached hydrogen (secondary N) is 1. The maximum Gasteiger partial charge on any atom is 0.471 e. The van der Waals surface area contributed by atoms with Crippen molar-refractivity contribution in [2.24, 2.45) is 17.3 Å². The van der Waals surface area contributed by atoms with Crippen molar-refractivity contribution >= 4 is 17.8 Å². The monoisotopic (exact) mass is 336 g/mol. The van der Waals surface area contributed by atoms with E-state index in [2.05, 4.69) is 0 Å². The van der Waals surface area contributed by atoms with Crippen LogP contribution in [0.15, 0.2) is 0 Å². The van der Waals surface area contributed by atoms with Crippen molar-refractivity contribution in [1.29, 1.82) is 0 Å². The lowest BCUT2D eigenvalue weighted by atomic mass is 9.85. The lowest BCUT2D eigenvalue weighted by molar-refractivity contribution is -0.176. The van der Waals surface area contributed by atoms with Crippen LogP contribution in [0.5, 0.6) is 0 Å². The summed E-state index contributed by atoms with van der Waals surface area (Å²) in [5.74, 6) is -4.22. The second-order valence-corrected chi connectivity index (χ2v) is 7.20. The van der Waals surface area contributed by atoms with Crippen molar-refractivity contribution in [3.05, 3.63) is 0 Å². The topological polar surface area (TPSA) is 86.7 Å². The Morgan fingerprint density at radius 2 is 1.78 bits per heavy atom. The minimum atomic E-state index is -5.11. The highest BCUT2D eigenvalue weighted by atomic mass is 19.4. The minimum Gasteiger partial charge on any atom is -0.480 e. The molecule has 2 aliphatic rings. The van der Waals surface area contributed by atoms with Crippen LogP contribution in [-0.2, 0) is 14.4 Å². The first-order valence-electron chi connectivity index (χ1n) is 7.25. The molecule has 1 saturated carbocycles. The molecule has 0 radical (unpaired) electrons. The number of amides is 2. The number of fused-ring (bicyclic) bond motifs is 1. The van der Waals surface area contributed by atoms with Crippen LogP contribution in [0.2, 0.25) is 0 Å². The molecule has 0 bridgehead atoms. The number of carboxylic acids is 1. The molecule has 130 valence electrons. The molecule has 0 unspecified atom stereocenters. The van der Waals surface area contributed by atoms with Crippen molar-refractivity contribution in [3.63, 3.8) is 0 Å². The molecule has 0 aromatic carbocycles. The fourth-order valence-corrected chi connectivity index (χ4v) is 3.04. The minimum absolute atomic E-state index is 0.0824. The van der Waals surface area contributed by atoms with E-state index < -0.39 is 41.5 Å². The van der Waals surface area contributed by atoms with Gasteiger partial charge in [-0.3, -0.25) is 9.59 Å². The third kappa shape index (κ3) is 3.42. The second-order valence-electron chi connectivity index (χ2n) is 7.20. The first-order valence-corrected chi connectivity index (χ1v) is 7.25. The van der Waals surface area contributed by atoms with Crippen molar-refractivity contribution < 1.29 is 32.7 Å². The molecule has 1 aliphatic carbocycles. The highest BCUT2D eigenvalue weighted by molar-refractivity contribution is 5.93. The lowest BCUT2D eigenvalue weighted by Gasteiger charge is -2.35. The summed E-state index contributed by atoms with van der Waals surface area (Å²) in [6.07, 6.45) is -4.40. The average Bonchev–Trinajstić information content (AvgIpc) is 3.02. The second kappa shape index (κ2) is 5.38. The third-order valence-corrected chi connectivity index (χ3v) is 4.33. The van der Waals surface area contributed by atoms with Crippen molar-refractivity contribution in [1.82, 2.24) is 10.2 Å². The van der Waals surface area contributed by atoms with Gasteiger partial charge >= 0.3 is 18.1 Å². The molecule has 1 aliphatic heterocycles. The standard InChI is InChI=1S/C14H19F3N2O4/c1-13(2,3)9(18-12(23)14(15,16)17)10(20)19-5-6-4-7(6)8(19)11(21)22/h6-9H,4-5H2,1-3H3,(H,18,23)(H,21,22)/t6-,7-,8-,9+/m0/s1. The maximum atomic E-state index is 12.6. The number of carbonyl (C=O) groups is 3. The number of halogens is 3. The molecule has 0 spiro atoms. The van der Waals surface area contributed by atoms with E-state index in [0.29, 0.717) is 6.42 Å². The lowest BCUT2D eigenvalue weighted by Crippen LogP contribution is -2.59. The Bertz CT molecular complexity index is 541. The SMILES string of the molecule is CC(C)(C)[C@H](NC(=O)C(F)(F)F)C(=O)N1C[C@@H]2C[C@@H]2[C@H]1C(=O)O. The number of carbonyl (C=O) groups excluding carboxylic acids is 2. The van der Waals surface area contributed by atoms with Gasteiger partial charge in [-0.15, -0.1) is 0 Å². The van der Waals surface area contributed by atoms with E-state index in [1.165, 1.54) is 20.8 Å². The average molecular weight is 336 g/mol. The summed E-state index contributed by atoms with van der Waals surface area (Å²) >= 11 is 0. The van der Waals surface area contributed by atoms with Gasteiger partial charge in [-0.05, 0) is 23.7 Å². The van der Waals surface area contributed by atoms with Gasteiger partial charge in [0, 0.05) is 6.54 Å². The number of aliphatic carboxylic acids is 1. The number of hydrogen-bond donors (Lipinski definition) is 2. The summed E-state index contributed by atoms with van der Waals surface area (Å²) in [7, 11) is 0. The van der Waals surface area contributed by atoms with E-state index in [1.807, 2.05) is 0 Å². The van der Waals surface area contributed by atoms with Crippen LogP contribution in [0.4, 0.5) is 13.2 Å². The van der Waals surface area contributed by atoms with Gasteiger partial charge in [0.25, 0.3) is 0 Å². The predicted molar refractivity (Wildman–Crippen MR) is 72.2 cm³/mol. The van der Waals surface area contributed by atoms with E-state index in [1.54, 1.807) is 5.32 Å². The molecule has 23 heavy (non-hydrogen) atoms. The Kier molecular flexibility index (Phi) is 4.11. The molecule has 2 rings (SSSR count). The zero-order valence-corrected chi connectivity index (χ0v) is 13.0. The number of hydrogen-bond acceptors (Lipinski definition) is 3. The van der Waals surface area contributed by atoms with Crippen LogP contribution in [0, 0.1) is 17.3 Å². The van der Waals surface area contributed by atoms with Crippen LogP contribution < -0.4 is 5.32 Å². The quantitative estimate of drug-likeness (QED) is 0.805. The molecular weight excluding hydrogens is 317 g/mol. The zero-order valence-electron chi connectivity index (χ0n) is 13.0. The molecule has 1 saturated heterocycles. The number of rotatable bonds is 3. The first-order chi connectivity index (χ1) is 10.3. The van der Waals surface area contributed by atoms with E-state index in [0.717, 1.165) is 4.90 Å². The Hall–Kier alpha value is -1.80. The predicted octanol–water partition coefficient (Wildman–Crippen LogP) is 1.01. The molecule has 1 heterocycles. The fourth-order valence-electron chi connectivity index (χ4n) is 3.04. The van der Waals surface area contributed by atoms with E-state index in [4.69, 9.17) is 0 Å². The molecule has 2 fully saturated rings. The molecule has 2 amide bonds. The first kappa shape index (κ1) is 17.6. The maximum absolute atomic E-state index is 12.6. The van der Waals surface area contributed by atoms with E-state index >= 15 is 0 Å². The summed E-state index contributed by atoms with van der Waals surface area (Å²) in [5, 5.41) is 11.0. The van der Waals surface area contributed by atoms with Crippen molar-refractivity contribution in [2.75, 3.05) is 6.54 Å². The number of likely N-dealkylation sites (tertiary alicyclic amines) is 1. The van der Waals surface area contributed by atoms with Crippen LogP contribution in [0.25, 0.3) is 0 Å². The van der Waals surface area contributed by atoms with Gasteiger partial charge in [-0.1, -0.05) is 20.8 Å². The Morgan fingerprint density at radius 3 is 2.22 bits per heavy atom. The summed E-state index contributed by atoms with van der Waals surface area (Å²) < 4.78 is 37.4. The Balaban J connectivity index is 2.21. The van der Waals surface area contributed by atoms with Crippen LogP contribution in [0.3, 0.4) is 0 Å². The molecule has 4 atom stereocenters. The molecule has 9 heteroatoms. The van der Waals surface area contributed by atoms with Gasteiger partial charge in [0.05, 0.1) is 0 Å².